The van der Waals surface area contributed by atoms with Crippen LogP contribution in [0.3, 0.4) is 0 Å². The van der Waals surface area contributed by atoms with Crippen LogP contribution in [0.5, 0.6) is 5.88 Å². The summed E-state index contributed by atoms with van der Waals surface area (Å²) in [5.74, 6) is -0.0329. The van der Waals surface area contributed by atoms with E-state index in [0.29, 0.717) is 64.7 Å². The molecule has 4 aliphatic heterocycles. The third-order valence-electron chi connectivity index (χ3n) is 6.70. The van der Waals surface area contributed by atoms with Crippen molar-refractivity contribution in [2.24, 2.45) is 4.99 Å². The Labute approximate surface area is 206 Å². The molecule has 0 aliphatic carbocycles. The lowest BCUT2D eigenvalue weighted by Gasteiger charge is -2.38. The molecule has 14 heteroatoms. The number of urea groups is 1. The lowest BCUT2D eigenvalue weighted by Crippen LogP contribution is -2.48. The molecule has 0 spiro atoms. The maximum Gasteiger partial charge on any atom is 0.419 e. The number of morpholine rings is 1. The Morgan fingerprint density at radius 1 is 1.11 bits per heavy atom. The van der Waals surface area contributed by atoms with Crippen LogP contribution >= 0.6 is 0 Å². The Morgan fingerprint density at radius 3 is 2.67 bits per heavy atom. The summed E-state index contributed by atoms with van der Waals surface area (Å²) < 4.78 is 56.9. The topological polar surface area (TPSA) is 95.9 Å². The number of likely N-dealkylation sites (tertiary alicyclic amines) is 1. The van der Waals surface area contributed by atoms with Gasteiger partial charge in [-0.2, -0.15) is 13.2 Å². The average Bonchev–Trinajstić information content (AvgIpc) is 3.36. The molecule has 0 radical (unpaired) electrons. The van der Waals surface area contributed by atoms with Crippen LogP contribution in [0.1, 0.15) is 17.7 Å². The molecule has 0 aromatic carbocycles. The Bertz CT molecular complexity index is 1040. The number of aliphatic imine (C=N–C) groups is 1. The van der Waals surface area contributed by atoms with Crippen molar-refractivity contribution in [2.75, 3.05) is 59.6 Å². The molecular weight excluding hydrogens is 483 g/mol. The highest BCUT2D eigenvalue weighted by atomic mass is 19.4. The number of hydrogen-bond acceptors (Lipinski definition) is 9. The molecule has 5 rings (SSSR count). The van der Waals surface area contributed by atoms with Gasteiger partial charge in [0.25, 0.3) is 0 Å². The van der Waals surface area contributed by atoms with Gasteiger partial charge in [0.05, 0.1) is 51.2 Å². The highest BCUT2D eigenvalue weighted by Crippen LogP contribution is 2.33. The number of fused-ring (bicyclic) bond motifs is 1. The molecule has 0 N–H and O–H groups in total. The van der Waals surface area contributed by atoms with Gasteiger partial charge >= 0.3 is 12.2 Å². The van der Waals surface area contributed by atoms with E-state index in [1.165, 1.54) is 24.8 Å². The second kappa shape index (κ2) is 10.1. The van der Waals surface area contributed by atoms with Crippen molar-refractivity contribution in [3.05, 3.63) is 29.0 Å². The Hall–Kier alpha value is -3.13. The summed E-state index contributed by atoms with van der Waals surface area (Å²) in [5, 5.41) is 3.20. The van der Waals surface area contributed by atoms with Gasteiger partial charge in [-0.1, -0.05) is 0 Å². The zero-order chi connectivity index (χ0) is 25.3. The lowest BCUT2D eigenvalue weighted by atomic mass is 10.1. The first-order chi connectivity index (χ1) is 17.3. The molecule has 5 heterocycles. The van der Waals surface area contributed by atoms with E-state index in [1.54, 1.807) is 14.8 Å². The number of carbonyl (C=O) groups excluding carboxylic acids is 1. The summed E-state index contributed by atoms with van der Waals surface area (Å²) in [4.78, 5) is 28.9. The molecule has 0 saturated carbocycles. The van der Waals surface area contributed by atoms with Crippen molar-refractivity contribution in [3.63, 3.8) is 0 Å². The van der Waals surface area contributed by atoms with E-state index in [0.717, 1.165) is 11.3 Å². The van der Waals surface area contributed by atoms with Crippen LogP contribution in [0.25, 0.3) is 0 Å². The number of methoxy groups -OCH3 is 1. The van der Waals surface area contributed by atoms with Crippen LogP contribution in [-0.4, -0.2) is 114 Å². The Balaban J connectivity index is 1.25. The molecule has 1 unspecified atom stereocenters. The molecule has 2 amide bonds. The van der Waals surface area contributed by atoms with Crippen LogP contribution in [0.2, 0.25) is 0 Å². The number of ether oxygens (including phenoxy) is 3. The van der Waals surface area contributed by atoms with Gasteiger partial charge in [-0.25, -0.2) is 24.8 Å². The van der Waals surface area contributed by atoms with Crippen LogP contribution in [0.15, 0.2) is 22.8 Å². The molecule has 4 aliphatic rings. The molecule has 2 fully saturated rings. The summed E-state index contributed by atoms with van der Waals surface area (Å²) in [5.41, 5.74) is 0.689. The van der Waals surface area contributed by atoms with Crippen molar-refractivity contribution < 1.29 is 32.2 Å². The first kappa shape index (κ1) is 24.6. The van der Waals surface area contributed by atoms with Gasteiger partial charge < -0.3 is 24.0 Å². The summed E-state index contributed by atoms with van der Waals surface area (Å²) in [7, 11) is 1.17. The Kier molecular flexibility index (Phi) is 6.88. The van der Waals surface area contributed by atoms with Gasteiger partial charge in [0, 0.05) is 39.0 Å². The summed E-state index contributed by atoms with van der Waals surface area (Å²) in [6, 6.07) is -0.0198. The molecule has 11 nitrogen and oxygen atoms in total. The molecule has 1 aromatic heterocycles. The van der Waals surface area contributed by atoms with Crippen LogP contribution in [-0.2, 0) is 22.4 Å². The molecule has 0 bridgehead atoms. The zero-order valence-electron chi connectivity index (χ0n) is 19.9. The van der Waals surface area contributed by atoms with E-state index in [9.17, 15) is 18.0 Å². The number of hydrogen-bond donors (Lipinski definition) is 0. The minimum atomic E-state index is -4.56. The zero-order valence-corrected chi connectivity index (χ0v) is 19.9. The van der Waals surface area contributed by atoms with E-state index < -0.39 is 24.2 Å². The predicted octanol–water partition coefficient (Wildman–Crippen LogP) is 1.42. The van der Waals surface area contributed by atoms with Crippen molar-refractivity contribution in [1.82, 2.24) is 29.8 Å². The van der Waals surface area contributed by atoms with E-state index in [-0.39, 0.29) is 18.7 Å². The summed E-state index contributed by atoms with van der Waals surface area (Å²) in [6.07, 6.45) is -0.823. The van der Waals surface area contributed by atoms with E-state index in [4.69, 9.17) is 14.2 Å². The summed E-state index contributed by atoms with van der Waals surface area (Å²) in [6.45, 7) is 3.59. The Morgan fingerprint density at radius 2 is 1.92 bits per heavy atom. The maximum absolute atomic E-state index is 13.5. The lowest BCUT2D eigenvalue weighted by molar-refractivity contribution is -0.105. The van der Waals surface area contributed by atoms with Gasteiger partial charge in [-0.15, -0.1) is 0 Å². The molecule has 196 valence electrons. The quantitative estimate of drug-likeness (QED) is 0.599. The normalized spacial score (nSPS) is 23.2. The van der Waals surface area contributed by atoms with Gasteiger partial charge in [0.15, 0.2) is 0 Å². The molecule has 36 heavy (non-hydrogen) atoms. The minimum absolute atomic E-state index is 0.0198. The van der Waals surface area contributed by atoms with Crippen LogP contribution < -0.4 is 4.74 Å². The fourth-order valence-electron chi connectivity index (χ4n) is 4.76. The van der Waals surface area contributed by atoms with E-state index in [2.05, 4.69) is 15.0 Å². The SMILES string of the molecule is COC1=C(C(F)(F)F)CN(N2CCc3ncnc(OC4CCN(C(=O)N5CCOCC5)C4)c3C2)C=N1. The number of carbonyl (C=O) groups is 1. The number of hydrazine groups is 1. The third-order valence-corrected chi connectivity index (χ3v) is 6.70. The maximum atomic E-state index is 13.5. The predicted molar refractivity (Wildman–Crippen MR) is 120 cm³/mol. The fourth-order valence-corrected chi connectivity index (χ4v) is 4.76. The van der Waals surface area contributed by atoms with E-state index in [1.807, 2.05) is 0 Å². The number of nitrogens with zero attached hydrogens (tertiary/aromatic N) is 7. The average molecular weight is 512 g/mol. The standard InChI is InChI=1S/C22H28F3N7O4/c1-34-20-17(22(23,24)25)12-32(14-28-20)31-5-3-18-16(11-31)19(27-13-26-18)36-15-2-4-30(10-15)21(33)29-6-8-35-9-7-29/h13-15H,2-12H2,1H3. The second-order valence-electron chi connectivity index (χ2n) is 8.93. The van der Waals surface area contributed by atoms with Crippen LogP contribution in [0.4, 0.5) is 18.0 Å². The first-order valence-corrected chi connectivity index (χ1v) is 11.8. The van der Waals surface area contributed by atoms with Gasteiger partial charge in [0.2, 0.25) is 11.8 Å². The molecule has 1 aromatic rings. The van der Waals surface area contributed by atoms with Gasteiger partial charge in [0.1, 0.15) is 24.3 Å². The minimum Gasteiger partial charge on any atom is -0.481 e. The first-order valence-electron chi connectivity index (χ1n) is 11.8. The van der Waals surface area contributed by atoms with Crippen molar-refractivity contribution >= 4 is 12.4 Å². The number of halogens is 3. The van der Waals surface area contributed by atoms with E-state index >= 15 is 0 Å². The third kappa shape index (κ3) is 5.05. The monoisotopic (exact) mass is 511 g/mol. The van der Waals surface area contributed by atoms with Crippen LogP contribution in [0, 0.1) is 0 Å². The second-order valence-corrected chi connectivity index (χ2v) is 8.93. The largest absolute Gasteiger partial charge is 0.481 e. The number of amides is 2. The highest BCUT2D eigenvalue weighted by molar-refractivity contribution is 5.75. The van der Waals surface area contributed by atoms with Gasteiger partial charge in [-0.05, 0) is 0 Å². The van der Waals surface area contributed by atoms with Crippen molar-refractivity contribution in [1.29, 1.82) is 0 Å². The fraction of sp³-hybridized carbons (Fsp3) is 0.636. The molecule has 2 saturated heterocycles. The smallest absolute Gasteiger partial charge is 0.419 e. The van der Waals surface area contributed by atoms with Crippen molar-refractivity contribution in [2.45, 2.75) is 31.7 Å². The number of aromatic nitrogens is 2. The number of rotatable bonds is 4. The van der Waals surface area contributed by atoms with Gasteiger partial charge in [-0.3, -0.25) is 5.01 Å². The summed E-state index contributed by atoms with van der Waals surface area (Å²) >= 11 is 0. The van der Waals surface area contributed by atoms with Crippen molar-refractivity contribution in [3.8, 4) is 5.88 Å². The highest BCUT2D eigenvalue weighted by Gasteiger charge is 2.41. The molecular formula is C22H28F3N7O4. The number of alkyl halides is 3. The molecule has 1 atom stereocenters.